The van der Waals surface area contributed by atoms with E-state index in [0.717, 1.165) is 6.42 Å². The second kappa shape index (κ2) is 3.18. The summed E-state index contributed by atoms with van der Waals surface area (Å²) in [4.78, 5) is 0. The van der Waals surface area contributed by atoms with Crippen LogP contribution in [-0.4, -0.2) is 6.04 Å². The van der Waals surface area contributed by atoms with E-state index in [4.69, 9.17) is 5.84 Å². The molecule has 0 aromatic heterocycles. The Morgan fingerprint density at radius 3 is 1.89 bits per heavy atom. The molecule has 0 aromatic carbocycles. The van der Waals surface area contributed by atoms with Gasteiger partial charge in [0.25, 0.3) is 0 Å². The molecule has 56 valence electrons. The number of nitrogens with two attached hydrogens (primary N) is 1. The topological polar surface area (TPSA) is 38.0 Å². The Balaban J connectivity index is 3.79. The monoisotopic (exact) mass is 130 g/mol. The minimum absolute atomic E-state index is 0.281. The van der Waals surface area contributed by atoms with Crippen molar-refractivity contribution in [2.45, 2.75) is 40.2 Å². The lowest BCUT2D eigenvalue weighted by molar-refractivity contribution is 0.264. The molecule has 1 atom stereocenters. The van der Waals surface area contributed by atoms with Crippen LogP contribution in [0, 0.1) is 5.41 Å². The fourth-order valence-corrected chi connectivity index (χ4v) is 0.980. The predicted molar refractivity (Wildman–Crippen MR) is 40.9 cm³/mol. The molecule has 2 nitrogen and oxygen atoms in total. The molecule has 0 radical (unpaired) electrons. The van der Waals surface area contributed by atoms with Crippen molar-refractivity contribution in [1.82, 2.24) is 5.43 Å². The largest absolute Gasteiger partial charge is 0.271 e. The van der Waals surface area contributed by atoms with Crippen LogP contribution in [0.5, 0.6) is 0 Å². The van der Waals surface area contributed by atoms with Gasteiger partial charge in [0.2, 0.25) is 0 Å². The van der Waals surface area contributed by atoms with Gasteiger partial charge in [-0.25, -0.2) is 0 Å². The molecule has 0 aliphatic rings. The third kappa shape index (κ3) is 2.82. The first kappa shape index (κ1) is 8.92. The second-order valence-corrected chi connectivity index (χ2v) is 3.49. The van der Waals surface area contributed by atoms with Crippen LogP contribution in [0.4, 0.5) is 0 Å². The van der Waals surface area contributed by atoms with Gasteiger partial charge in [-0.1, -0.05) is 27.7 Å². The van der Waals surface area contributed by atoms with Gasteiger partial charge >= 0.3 is 0 Å². The highest BCUT2D eigenvalue weighted by Gasteiger charge is 2.20. The average Bonchev–Trinajstić information content (AvgIpc) is 1.65. The smallest absolute Gasteiger partial charge is 0.0256 e. The molecule has 0 unspecified atom stereocenters. The molecule has 0 rings (SSSR count). The van der Waals surface area contributed by atoms with Gasteiger partial charge in [0.15, 0.2) is 0 Å². The lowest BCUT2D eigenvalue weighted by Crippen LogP contribution is -2.43. The van der Waals surface area contributed by atoms with E-state index in [1.165, 1.54) is 0 Å². The maximum atomic E-state index is 5.32. The Morgan fingerprint density at radius 2 is 1.89 bits per heavy atom. The molecule has 0 fully saturated rings. The van der Waals surface area contributed by atoms with Crippen molar-refractivity contribution in [3.8, 4) is 0 Å². The molecule has 0 saturated heterocycles. The molecule has 0 aromatic rings. The number of hydrazine groups is 1. The van der Waals surface area contributed by atoms with Gasteiger partial charge < -0.3 is 0 Å². The van der Waals surface area contributed by atoms with Crippen molar-refractivity contribution in [3.63, 3.8) is 0 Å². The normalized spacial score (nSPS) is 15.7. The molecule has 0 spiro atoms. The molecule has 2 heteroatoms. The van der Waals surface area contributed by atoms with Gasteiger partial charge in [0.05, 0.1) is 0 Å². The number of nitrogens with one attached hydrogen (secondary N) is 1. The van der Waals surface area contributed by atoms with Crippen molar-refractivity contribution in [2.24, 2.45) is 11.3 Å². The first-order valence-corrected chi connectivity index (χ1v) is 3.48. The summed E-state index contributed by atoms with van der Waals surface area (Å²) in [7, 11) is 0. The summed E-state index contributed by atoms with van der Waals surface area (Å²) in [6, 6.07) is 0.428. The zero-order valence-corrected chi connectivity index (χ0v) is 6.86. The summed E-state index contributed by atoms with van der Waals surface area (Å²) in [5, 5.41) is 0. The molecule has 0 bridgehead atoms. The lowest BCUT2D eigenvalue weighted by Gasteiger charge is -2.28. The summed E-state index contributed by atoms with van der Waals surface area (Å²) >= 11 is 0. The van der Waals surface area contributed by atoms with Crippen LogP contribution in [0.3, 0.4) is 0 Å². The molecular formula is C7H18N2. The fourth-order valence-electron chi connectivity index (χ4n) is 0.980. The van der Waals surface area contributed by atoms with E-state index >= 15 is 0 Å². The average molecular weight is 130 g/mol. The van der Waals surface area contributed by atoms with Crippen molar-refractivity contribution < 1.29 is 0 Å². The maximum absolute atomic E-state index is 5.32. The van der Waals surface area contributed by atoms with Crippen molar-refractivity contribution in [1.29, 1.82) is 0 Å². The van der Waals surface area contributed by atoms with E-state index < -0.39 is 0 Å². The molecular weight excluding hydrogens is 112 g/mol. The maximum Gasteiger partial charge on any atom is 0.0256 e. The van der Waals surface area contributed by atoms with Crippen LogP contribution in [0.15, 0.2) is 0 Å². The summed E-state index contributed by atoms with van der Waals surface area (Å²) in [6.45, 7) is 8.68. The van der Waals surface area contributed by atoms with Gasteiger partial charge in [-0.15, -0.1) is 0 Å². The Morgan fingerprint density at radius 1 is 1.44 bits per heavy atom. The molecule has 0 saturated carbocycles. The molecule has 0 aliphatic carbocycles. The minimum Gasteiger partial charge on any atom is -0.271 e. The van der Waals surface area contributed by atoms with Crippen LogP contribution in [0.1, 0.15) is 34.1 Å². The SMILES string of the molecule is CC[C@@H](NN)C(C)(C)C. The van der Waals surface area contributed by atoms with Gasteiger partial charge in [-0.05, 0) is 11.8 Å². The van der Waals surface area contributed by atoms with Crippen LogP contribution in [-0.2, 0) is 0 Å². The number of hydrogen-bond acceptors (Lipinski definition) is 2. The highest BCUT2D eigenvalue weighted by molar-refractivity contribution is 4.76. The highest BCUT2D eigenvalue weighted by atomic mass is 15.2. The third-order valence-electron chi connectivity index (χ3n) is 1.65. The van der Waals surface area contributed by atoms with Gasteiger partial charge in [-0.2, -0.15) is 0 Å². The van der Waals surface area contributed by atoms with E-state index in [0.29, 0.717) is 6.04 Å². The number of hydrogen-bond donors (Lipinski definition) is 2. The van der Waals surface area contributed by atoms with Crippen molar-refractivity contribution in [2.75, 3.05) is 0 Å². The molecule has 0 amide bonds. The Kier molecular flexibility index (Phi) is 3.15. The Labute approximate surface area is 57.8 Å². The molecule has 3 N–H and O–H groups in total. The van der Waals surface area contributed by atoms with E-state index in [9.17, 15) is 0 Å². The summed E-state index contributed by atoms with van der Waals surface area (Å²) < 4.78 is 0. The lowest BCUT2D eigenvalue weighted by atomic mass is 9.86. The summed E-state index contributed by atoms with van der Waals surface area (Å²) in [5.41, 5.74) is 3.07. The van der Waals surface area contributed by atoms with Gasteiger partial charge in [0.1, 0.15) is 0 Å². The molecule has 0 heterocycles. The van der Waals surface area contributed by atoms with E-state index in [1.54, 1.807) is 0 Å². The first-order valence-electron chi connectivity index (χ1n) is 3.48. The predicted octanol–water partition coefficient (Wildman–Crippen LogP) is 1.27. The van der Waals surface area contributed by atoms with Gasteiger partial charge in [-0.3, -0.25) is 11.3 Å². The van der Waals surface area contributed by atoms with Crippen LogP contribution in [0.2, 0.25) is 0 Å². The van der Waals surface area contributed by atoms with Gasteiger partial charge in [0, 0.05) is 6.04 Å². The summed E-state index contributed by atoms with van der Waals surface area (Å²) in [5.74, 6) is 5.32. The Bertz CT molecular complexity index is 69.5. The quantitative estimate of drug-likeness (QED) is 0.436. The minimum atomic E-state index is 0.281. The van der Waals surface area contributed by atoms with Crippen LogP contribution >= 0.6 is 0 Å². The number of rotatable bonds is 2. The van der Waals surface area contributed by atoms with E-state index in [-0.39, 0.29) is 5.41 Å². The van der Waals surface area contributed by atoms with Crippen LogP contribution in [0.25, 0.3) is 0 Å². The standard InChI is InChI=1S/C7H18N2/c1-5-6(9-8)7(2,3)4/h6,9H,5,8H2,1-4H3/t6-/m1/s1. The van der Waals surface area contributed by atoms with Crippen molar-refractivity contribution >= 4 is 0 Å². The highest BCUT2D eigenvalue weighted by Crippen LogP contribution is 2.20. The van der Waals surface area contributed by atoms with Crippen molar-refractivity contribution in [3.05, 3.63) is 0 Å². The molecule has 0 aliphatic heterocycles. The van der Waals surface area contributed by atoms with Crippen LogP contribution < -0.4 is 11.3 Å². The zero-order valence-electron chi connectivity index (χ0n) is 6.86. The third-order valence-corrected chi connectivity index (χ3v) is 1.65. The fraction of sp³-hybridized carbons (Fsp3) is 1.00. The molecule has 9 heavy (non-hydrogen) atoms. The van der Waals surface area contributed by atoms with E-state index in [1.807, 2.05) is 0 Å². The summed E-state index contributed by atoms with van der Waals surface area (Å²) in [6.07, 6.45) is 1.08. The van der Waals surface area contributed by atoms with E-state index in [2.05, 4.69) is 33.1 Å². The zero-order chi connectivity index (χ0) is 7.49. The Hall–Kier alpha value is -0.0800. The first-order chi connectivity index (χ1) is 4.02. The second-order valence-electron chi connectivity index (χ2n) is 3.49.